The number of aliphatic hydroxyl groups is 1. The van der Waals surface area contributed by atoms with E-state index in [9.17, 15) is 5.11 Å². The number of aryl methyl sites for hydroxylation is 1. The van der Waals surface area contributed by atoms with E-state index in [1.165, 1.54) is 5.57 Å². The number of hydrogen-bond donors (Lipinski definition) is 1. The van der Waals surface area contributed by atoms with Crippen molar-refractivity contribution in [2.45, 2.75) is 51.7 Å². The predicted molar refractivity (Wildman–Crippen MR) is 72.9 cm³/mol. The van der Waals surface area contributed by atoms with Crippen LogP contribution < -0.4 is 0 Å². The first kappa shape index (κ1) is 12.9. The van der Waals surface area contributed by atoms with Gasteiger partial charge in [-0.2, -0.15) is 0 Å². The quantitative estimate of drug-likeness (QED) is 0.790. The standard InChI is InChI=1S/C16H22O3/c1-10-9-19-12-8-11-6-5-7-15(2,17)16(11,3)14(18-4)13(10)12/h6,9,14,17H,5,7-8H2,1-4H3. The number of hydrogen-bond acceptors (Lipinski definition) is 3. The van der Waals surface area contributed by atoms with Gasteiger partial charge in [0.1, 0.15) is 5.76 Å². The van der Waals surface area contributed by atoms with Gasteiger partial charge in [0.15, 0.2) is 0 Å². The number of methoxy groups -OCH3 is 1. The molecule has 1 N–H and O–H groups in total. The molecule has 3 atom stereocenters. The second-order valence-electron chi connectivity index (χ2n) is 6.29. The van der Waals surface area contributed by atoms with E-state index in [2.05, 4.69) is 13.0 Å². The molecule has 0 radical (unpaired) electrons. The minimum atomic E-state index is -0.751. The van der Waals surface area contributed by atoms with Crippen molar-refractivity contribution in [1.82, 2.24) is 0 Å². The highest BCUT2D eigenvalue weighted by atomic mass is 16.5. The van der Waals surface area contributed by atoms with E-state index in [4.69, 9.17) is 9.15 Å². The van der Waals surface area contributed by atoms with E-state index in [1.807, 2.05) is 13.8 Å². The SMILES string of the molecule is COC1c2c(C)coc2CC2=CCCC(C)(O)C21C. The van der Waals surface area contributed by atoms with E-state index in [0.717, 1.165) is 36.1 Å². The van der Waals surface area contributed by atoms with Gasteiger partial charge < -0.3 is 14.3 Å². The smallest absolute Gasteiger partial charge is 0.113 e. The number of furan rings is 1. The number of ether oxygens (including phenoxy) is 1. The maximum atomic E-state index is 10.9. The number of rotatable bonds is 1. The summed E-state index contributed by atoms with van der Waals surface area (Å²) in [6.07, 6.45) is 6.40. The molecule has 2 aliphatic carbocycles. The summed E-state index contributed by atoms with van der Waals surface area (Å²) in [5.74, 6) is 0.991. The van der Waals surface area contributed by atoms with Gasteiger partial charge in [-0.05, 0) is 32.3 Å². The highest BCUT2D eigenvalue weighted by Crippen LogP contribution is 2.58. The molecule has 0 saturated heterocycles. The molecule has 0 spiro atoms. The molecule has 1 aromatic heterocycles. The van der Waals surface area contributed by atoms with Gasteiger partial charge in [0.05, 0.1) is 18.0 Å². The summed E-state index contributed by atoms with van der Waals surface area (Å²) >= 11 is 0. The van der Waals surface area contributed by atoms with Gasteiger partial charge in [0.25, 0.3) is 0 Å². The average molecular weight is 262 g/mol. The van der Waals surface area contributed by atoms with Crippen LogP contribution in [0, 0.1) is 12.3 Å². The Labute approximate surface area is 114 Å². The Kier molecular flexibility index (Phi) is 2.70. The third-order valence-electron chi connectivity index (χ3n) is 5.28. The first-order chi connectivity index (χ1) is 8.91. The molecule has 1 aromatic rings. The van der Waals surface area contributed by atoms with E-state index in [-0.39, 0.29) is 11.5 Å². The van der Waals surface area contributed by atoms with Crippen LogP contribution in [0.2, 0.25) is 0 Å². The molecule has 0 fully saturated rings. The lowest BCUT2D eigenvalue weighted by Crippen LogP contribution is -2.53. The summed E-state index contributed by atoms with van der Waals surface area (Å²) in [4.78, 5) is 0. The molecule has 3 rings (SSSR count). The Balaban J connectivity index is 2.23. The van der Waals surface area contributed by atoms with Gasteiger partial charge in [-0.1, -0.05) is 18.6 Å². The Bertz CT molecular complexity index is 538. The number of fused-ring (bicyclic) bond motifs is 2. The van der Waals surface area contributed by atoms with Crippen molar-refractivity contribution >= 4 is 0 Å². The molecule has 0 aliphatic heterocycles. The Hall–Kier alpha value is -1.06. The van der Waals surface area contributed by atoms with Gasteiger partial charge in [0, 0.05) is 24.5 Å². The van der Waals surface area contributed by atoms with Crippen molar-refractivity contribution in [3.05, 3.63) is 34.8 Å². The molecule has 2 aliphatic rings. The first-order valence-corrected chi connectivity index (χ1v) is 6.93. The fraction of sp³-hybridized carbons (Fsp3) is 0.625. The lowest BCUT2D eigenvalue weighted by molar-refractivity contribution is -0.131. The van der Waals surface area contributed by atoms with Crippen molar-refractivity contribution in [3.8, 4) is 0 Å². The van der Waals surface area contributed by atoms with Crippen molar-refractivity contribution in [2.24, 2.45) is 5.41 Å². The van der Waals surface area contributed by atoms with Crippen molar-refractivity contribution in [2.75, 3.05) is 7.11 Å². The summed E-state index contributed by atoms with van der Waals surface area (Å²) in [7, 11) is 1.72. The normalized spacial score (nSPS) is 37.5. The number of allylic oxidation sites excluding steroid dienone is 1. The summed E-state index contributed by atoms with van der Waals surface area (Å²) in [5.41, 5.74) is 2.37. The van der Waals surface area contributed by atoms with E-state index in [0.29, 0.717) is 0 Å². The van der Waals surface area contributed by atoms with Gasteiger partial charge in [-0.25, -0.2) is 0 Å². The molecular weight excluding hydrogens is 240 g/mol. The molecule has 3 nitrogen and oxygen atoms in total. The Morgan fingerprint density at radius 1 is 1.42 bits per heavy atom. The van der Waals surface area contributed by atoms with Crippen LogP contribution in [0.5, 0.6) is 0 Å². The highest BCUT2D eigenvalue weighted by molar-refractivity contribution is 5.44. The third kappa shape index (κ3) is 1.52. The van der Waals surface area contributed by atoms with Crippen LogP contribution in [-0.2, 0) is 11.2 Å². The summed E-state index contributed by atoms with van der Waals surface area (Å²) in [5, 5.41) is 10.9. The topological polar surface area (TPSA) is 42.6 Å². The van der Waals surface area contributed by atoms with E-state index >= 15 is 0 Å². The van der Waals surface area contributed by atoms with Gasteiger partial charge in [-0.15, -0.1) is 0 Å². The molecule has 1 heterocycles. The van der Waals surface area contributed by atoms with Crippen molar-refractivity contribution in [3.63, 3.8) is 0 Å². The fourth-order valence-corrected chi connectivity index (χ4v) is 3.86. The second kappa shape index (κ2) is 3.97. The van der Waals surface area contributed by atoms with Crippen LogP contribution in [0.25, 0.3) is 0 Å². The van der Waals surface area contributed by atoms with Crippen molar-refractivity contribution < 1.29 is 14.3 Å². The largest absolute Gasteiger partial charge is 0.468 e. The zero-order valence-corrected chi connectivity index (χ0v) is 12.1. The minimum absolute atomic E-state index is 0.142. The lowest BCUT2D eigenvalue weighted by Gasteiger charge is -2.53. The first-order valence-electron chi connectivity index (χ1n) is 6.93. The zero-order chi connectivity index (χ0) is 13.8. The molecule has 0 amide bonds. The van der Waals surface area contributed by atoms with E-state index in [1.54, 1.807) is 13.4 Å². The summed E-state index contributed by atoms with van der Waals surface area (Å²) < 4.78 is 11.5. The van der Waals surface area contributed by atoms with Crippen LogP contribution in [0.15, 0.2) is 22.3 Å². The predicted octanol–water partition coefficient (Wildman–Crippen LogP) is 3.31. The van der Waals surface area contributed by atoms with Crippen LogP contribution in [0.3, 0.4) is 0 Å². The van der Waals surface area contributed by atoms with Crippen LogP contribution in [-0.4, -0.2) is 17.8 Å². The fourth-order valence-electron chi connectivity index (χ4n) is 3.86. The summed E-state index contributed by atoms with van der Waals surface area (Å²) in [6, 6.07) is 0. The van der Waals surface area contributed by atoms with Gasteiger partial charge >= 0.3 is 0 Å². The third-order valence-corrected chi connectivity index (χ3v) is 5.28. The maximum Gasteiger partial charge on any atom is 0.113 e. The molecule has 0 aromatic carbocycles. The van der Waals surface area contributed by atoms with Crippen LogP contribution >= 0.6 is 0 Å². The Morgan fingerprint density at radius 3 is 2.84 bits per heavy atom. The average Bonchev–Trinajstić information content (AvgIpc) is 2.70. The lowest BCUT2D eigenvalue weighted by atomic mass is 9.56. The van der Waals surface area contributed by atoms with Crippen molar-refractivity contribution in [1.29, 1.82) is 0 Å². The van der Waals surface area contributed by atoms with Gasteiger partial charge in [0.2, 0.25) is 0 Å². The highest BCUT2D eigenvalue weighted by Gasteiger charge is 2.56. The molecule has 19 heavy (non-hydrogen) atoms. The molecular formula is C16H22O3. The zero-order valence-electron chi connectivity index (χ0n) is 12.1. The monoisotopic (exact) mass is 262 g/mol. The Morgan fingerprint density at radius 2 is 2.16 bits per heavy atom. The van der Waals surface area contributed by atoms with Crippen LogP contribution in [0.1, 0.15) is 49.7 Å². The molecule has 0 saturated carbocycles. The maximum absolute atomic E-state index is 10.9. The molecule has 3 unspecified atom stereocenters. The van der Waals surface area contributed by atoms with Crippen LogP contribution in [0.4, 0.5) is 0 Å². The minimum Gasteiger partial charge on any atom is -0.468 e. The van der Waals surface area contributed by atoms with E-state index < -0.39 is 5.60 Å². The second-order valence-corrected chi connectivity index (χ2v) is 6.29. The molecule has 104 valence electrons. The summed E-state index contributed by atoms with van der Waals surface area (Å²) in [6.45, 7) is 6.11. The molecule has 3 heteroatoms. The van der Waals surface area contributed by atoms with Gasteiger partial charge in [-0.3, -0.25) is 0 Å². The molecule has 0 bridgehead atoms.